The van der Waals surface area contributed by atoms with Crippen molar-refractivity contribution in [2.75, 3.05) is 0 Å². The van der Waals surface area contributed by atoms with Gasteiger partial charge in [0.15, 0.2) is 0 Å². The van der Waals surface area contributed by atoms with E-state index < -0.39 is 36.8 Å². The van der Waals surface area contributed by atoms with Crippen LogP contribution in [0.4, 0.5) is 0 Å². The van der Waals surface area contributed by atoms with Crippen LogP contribution in [0, 0.1) is 5.89 Å². The first-order chi connectivity index (χ1) is 7.64. The zero-order chi connectivity index (χ0) is 15.2. The number of hydrogen-bond donors (Lipinski definition) is 2. The van der Waals surface area contributed by atoms with Crippen LogP contribution in [0.2, 0.25) is 2.82 Å². The molecule has 0 aromatic heterocycles. The summed E-state index contributed by atoms with van der Waals surface area (Å²) >= 11 is 0. The van der Waals surface area contributed by atoms with E-state index in [1.165, 1.54) is 0 Å². The van der Waals surface area contributed by atoms with Gasteiger partial charge in [0.05, 0.1) is 1.37 Å². The molecule has 0 amide bonds. The standard InChI is InChI=1S/C6H13NO2/c1-4(2)3-5(7)6(8)9/h4-5H,3,7H2,1-2H3,(H,8,9)/t5-/m0/s1/i1D3,3D2,4D,5D/hD2/t4?,5-. The molecule has 0 saturated heterocycles. The highest BCUT2D eigenvalue weighted by Gasteiger charge is 2.11. The third-order valence-corrected chi connectivity index (χ3v) is 0.508. The van der Waals surface area contributed by atoms with Crippen molar-refractivity contribution in [3.05, 3.63) is 0 Å². The molecule has 2 atom stereocenters. The summed E-state index contributed by atoms with van der Waals surface area (Å²) in [6.07, 6.45) is -3.50. The Morgan fingerprint density at radius 1 is 2.33 bits per heavy atom. The highest BCUT2D eigenvalue weighted by molar-refractivity contribution is 5.72. The van der Waals surface area contributed by atoms with E-state index in [1.54, 1.807) is 0 Å². The summed E-state index contributed by atoms with van der Waals surface area (Å²) in [6, 6.07) is -3.54. The minimum Gasteiger partial charge on any atom is -0.480 e. The fourth-order valence-corrected chi connectivity index (χ4v) is 0.231. The van der Waals surface area contributed by atoms with E-state index in [4.69, 9.17) is 17.5 Å². The number of aliphatic carboxylic acids is 1. The quantitative estimate of drug-likeness (QED) is 0.595. The van der Waals surface area contributed by atoms with Crippen molar-refractivity contribution < 1.29 is 22.3 Å². The Morgan fingerprint density at radius 2 is 3.00 bits per heavy atom. The van der Waals surface area contributed by atoms with Gasteiger partial charge in [0.25, 0.3) is 0 Å². The minimum absolute atomic E-state index is 0.607. The second kappa shape index (κ2) is 3.45. The summed E-state index contributed by atoms with van der Waals surface area (Å²) in [6.45, 7) is -2.62. The van der Waals surface area contributed by atoms with Gasteiger partial charge in [-0.15, -0.1) is 0 Å². The zero-order valence-electron chi connectivity index (χ0n) is 13.8. The maximum absolute atomic E-state index is 10.9. The van der Waals surface area contributed by atoms with Gasteiger partial charge in [-0.3, -0.25) is 4.79 Å². The van der Waals surface area contributed by atoms with Crippen molar-refractivity contribution in [2.45, 2.75) is 26.2 Å². The van der Waals surface area contributed by atoms with Gasteiger partial charge in [-0.1, -0.05) is 13.8 Å². The lowest BCUT2D eigenvalue weighted by Crippen LogP contribution is -2.31. The van der Waals surface area contributed by atoms with Gasteiger partial charge in [0.1, 0.15) is 8.84 Å². The fourth-order valence-electron chi connectivity index (χ4n) is 0.231. The van der Waals surface area contributed by atoms with Gasteiger partial charge in [0, 0.05) is 8.22 Å². The summed E-state index contributed by atoms with van der Waals surface area (Å²) < 4.78 is 64.6. The Bertz CT molecular complexity index is 338. The third kappa shape index (κ3) is 3.97. The lowest BCUT2D eigenvalue weighted by Gasteiger charge is -2.07. The van der Waals surface area contributed by atoms with Gasteiger partial charge < -0.3 is 10.8 Å². The lowest BCUT2D eigenvalue weighted by atomic mass is 10.1. The Kier molecular flexibility index (Phi) is 0.662. The second-order valence-electron chi connectivity index (χ2n) is 1.40. The molecule has 0 radical (unpaired) electrons. The predicted octanol–water partition coefficient (Wildman–Crippen LogP) is 0.444. The zero-order valence-corrected chi connectivity index (χ0v) is 4.80. The van der Waals surface area contributed by atoms with Crippen molar-refractivity contribution in [2.24, 2.45) is 11.6 Å². The third-order valence-electron chi connectivity index (χ3n) is 0.508. The number of carboxylic acid groups (broad SMARTS) is 1. The van der Waals surface area contributed by atoms with Crippen LogP contribution in [-0.4, -0.2) is 17.1 Å². The SMILES string of the molecule is [2H]N([2H])[C@]([2H])(C(=O)O)C([2H])([2H])C([2H])(C)C([2H])([2H])[2H]. The van der Waals surface area contributed by atoms with Crippen molar-refractivity contribution in [3.8, 4) is 0 Å². The Labute approximate surface area is 67.6 Å². The number of rotatable bonds is 4. The average molecular weight is 140 g/mol. The Balaban J connectivity index is 5.97. The molecule has 0 fully saturated rings. The van der Waals surface area contributed by atoms with E-state index in [1.807, 2.05) is 0 Å². The number of carbonyl (C=O) groups is 1. The normalized spacial score (nSPS) is 41.8. The van der Waals surface area contributed by atoms with Crippen LogP contribution >= 0.6 is 0 Å². The van der Waals surface area contributed by atoms with Crippen LogP contribution in [-0.2, 0) is 4.79 Å². The summed E-state index contributed by atoms with van der Waals surface area (Å²) in [4.78, 5) is 10.9. The molecule has 0 aliphatic heterocycles. The van der Waals surface area contributed by atoms with E-state index in [2.05, 4.69) is 0 Å². The predicted molar refractivity (Wildman–Crippen MR) is 35.1 cm³/mol. The highest BCUT2D eigenvalue weighted by Crippen LogP contribution is 2.01. The van der Waals surface area contributed by atoms with E-state index >= 15 is 0 Å². The fraction of sp³-hybridized carbons (Fsp3) is 0.833. The molecule has 0 rings (SSSR count). The van der Waals surface area contributed by atoms with Gasteiger partial charge >= 0.3 is 5.97 Å². The number of carboxylic acids is 1. The van der Waals surface area contributed by atoms with E-state index in [9.17, 15) is 4.79 Å². The molecule has 0 bridgehead atoms. The number of hydrogen-bond acceptors (Lipinski definition) is 2. The van der Waals surface area contributed by atoms with E-state index in [-0.39, 0.29) is 0 Å². The van der Waals surface area contributed by atoms with Gasteiger partial charge in [-0.05, 0) is 12.3 Å². The molecule has 0 aliphatic carbocycles. The Hall–Kier alpha value is -0.570. The van der Waals surface area contributed by atoms with Crippen LogP contribution in [0.25, 0.3) is 0 Å². The molecule has 0 spiro atoms. The monoisotopic (exact) mass is 140 g/mol. The molecule has 0 aromatic carbocycles. The molecule has 54 valence electrons. The van der Waals surface area contributed by atoms with Gasteiger partial charge in [-0.2, -0.15) is 0 Å². The molecule has 3 heteroatoms. The molecule has 0 saturated carbocycles. The van der Waals surface area contributed by atoms with Crippen molar-refractivity contribution in [1.29, 1.82) is 0 Å². The first-order valence-electron chi connectivity index (χ1n) is 6.55. The molecule has 0 aromatic rings. The molecular weight excluding hydrogens is 118 g/mol. The molecular formula is C6H13NO2. The van der Waals surface area contributed by atoms with Gasteiger partial charge in [0.2, 0.25) is 0 Å². The first-order valence-corrected chi connectivity index (χ1v) is 2.15. The average Bonchev–Trinajstić information content (AvgIpc) is 2.13. The summed E-state index contributed by atoms with van der Waals surface area (Å²) in [5, 5.41) is 8.79. The minimum atomic E-state index is -3.54. The molecule has 3 N–H and O–H groups in total. The molecule has 9 heavy (non-hydrogen) atoms. The van der Waals surface area contributed by atoms with Crippen molar-refractivity contribution >= 4 is 5.97 Å². The molecule has 3 nitrogen and oxygen atoms in total. The lowest BCUT2D eigenvalue weighted by molar-refractivity contribution is -0.138. The molecule has 0 aliphatic rings. The van der Waals surface area contributed by atoms with Crippen LogP contribution in [0.1, 0.15) is 29.7 Å². The second-order valence-corrected chi connectivity index (χ2v) is 1.40. The van der Waals surface area contributed by atoms with Crippen LogP contribution < -0.4 is 5.72 Å². The topological polar surface area (TPSA) is 63.3 Å². The number of nitrogens with two attached hydrogens (primary N) is 1. The smallest absolute Gasteiger partial charge is 0.320 e. The maximum atomic E-state index is 10.9. The maximum Gasteiger partial charge on any atom is 0.320 e. The summed E-state index contributed by atoms with van der Waals surface area (Å²) in [5.74, 6) is -5.21. The highest BCUT2D eigenvalue weighted by atomic mass is 16.4. The first kappa shape index (κ1) is 1.72. The van der Waals surface area contributed by atoms with E-state index in [0.717, 1.165) is 0 Å². The van der Waals surface area contributed by atoms with Crippen molar-refractivity contribution in [1.82, 2.24) is 0 Å². The molecule has 1 unspecified atom stereocenters. The summed E-state index contributed by atoms with van der Waals surface area (Å²) in [5.41, 5.74) is -0.756. The molecule has 0 heterocycles. The van der Waals surface area contributed by atoms with Gasteiger partial charge in [-0.25, -0.2) is 0 Å². The van der Waals surface area contributed by atoms with Crippen LogP contribution in [0.3, 0.4) is 0 Å². The van der Waals surface area contributed by atoms with E-state index in [0.29, 0.717) is 6.92 Å². The van der Waals surface area contributed by atoms with Crippen LogP contribution in [0.5, 0.6) is 0 Å². The summed E-state index contributed by atoms with van der Waals surface area (Å²) in [7, 11) is 0. The van der Waals surface area contributed by atoms with Crippen molar-refractivity contribution in [3.63, 3.8) is 0 Å². The Morgan fingerprint density at radius 3 is 3.33 bits per heavy atom. The largest absolute Gasteiger partial charge is 0.480 e. The van der Waals surface area contributed by atoms with Crippen LogP contribution in [0.15, 0.2) is 0 Å².